The van der Waals surface area contributed by atoms with Crippen LogP contribution in [0, 0.1) is 0 Å². The van der Waals surface area contributed by atoms with E-state index < -0.39 is 0 Å². The maximum Gasteiger partial charge on any atom is 0.241 e. The van der Waals surface area contributed by atoms with Crippen molar-refractivity contribution in [2.45, 2.75) is 17.7 Å². The number of hydrazine groups is 1. The molecule has 1 rings (SSSR count). The second kappa shape index (κ2) is 5.02. The second-order valence-electron chi connectivity index (χ2n) is 3.00. The van der Waals surface area contributed by atoms with E-state index in [9.17, 15) is 4.79 Å². The van der Waals surface area contributed by atoms with E-state index in [1.54, 1.807) is 11.8 Å². The van der Waals surface area contributed by atoms with Gasteiger partial charge in [0.05, 0.1) is 5.92 Å². The van der Waals surface area contributed by atoms with Crippen molar-refractivity contribution >= 4 is 17.7 Å². The molecule has 0 heterocycles. The Labute approximate surface area is 88.0 Å². The first-order chi connectivity index (χ1) is 6.69. The molecule has 0 saturated heterocycles. The molecular weight excluding hydrogens is 196 g/mol. The van der Waals surface area contributed by atoms with Gasteiger partial charge in [0.2, 0.25) is 5.91 Å². The normalized spacial score (nSPS) is 12.2. The summed E-state index contributed by atoms with van der Waals surface area (Å²) < 4.78 is 0. The summed E-state index contributed by atoms with van der Waals surface area (Å²) in [4.78, 5) is 12.4. The Balaban J connectivity index is 2.81. The first-order valence-electron chi connectivity index (χ1n) is 4.33. The second-order valence-corrected chi connectivity index (χ2v) is 3.88. The van der Waals surface area contributed by atoms with Gasteiger partial charge in [-0.15, -0.1) is 11.8 Å². The molecule has 3 nitrogen and oxygen atoms in total. The number of hydrogen-bond acceptors (Lipinski definition) is 3. The summed E-state index contributed by atoms with van der Waals surface area (Å²) in [5, 5.41) is 0. The van der Waals surface area contributed by atoms with Crippen molar-refractivity contribution in [3.8, 4) is 0 Å². The van der Waals surface area contributed by atoms with Crippen LogP contribution in [0.1, 0.15) is 18.4 Å². The van der Waals surface area contributed by atoms with Crippen molar-refractivity contribution in [1.29, 1.82) is 0 Å². The molecule has 0 aliphatic rings. The summed E-state index contributed by atoms with van der Waals surface area (Å²) in [5.74, 6) is 4.70. The van der Waals surface area contributed by atoms with Crippen molar-refractivity contribution in [3.05, 3.63) is 29.8 Å². The first kappa shape index (κ1) is 11.1. The van der Waals surface area contributed by atoms with Crippen LogP contribution < -0.4 is 11.3 Å². The van der Waals surface area contributed by atoms with Crippen molar-refractivity contribution in [3.63, 3.8) is 0 Å². The standard InChI is InChI=1S/C10H14N2OS/c1-7(10(13)12-11)8-3-5-9(14-2)6-4-8/h3-7H,11H2,1-2H3,(H,12,13). The highest BCUT2D eigenvalue weighted by Gasteiger charge is 2.13. The van der Waals surface area contributed by atoms with Crippen LogP contribution in [-0.2, 0) is 4.79 Å². The molecular formula is C10H14N2OS. The number of rotatable bonds is 3. The molecule has 1 amide bonds. The van der Waals surface area contributed by atoms with Crippen LogP contribution >= 0.6 is 11.8 Å². The van der Waals surface area contributed by atoms with Gasteiger partial charge < -0.3 is 0 Å². The van der Waals surface area contributed by atoms with Crippen LogP contribution in [0.25, 0.3) is 0 Å². The molecule has 0 radical (unpaired) electrons. The van der Waals surface area contributed by atoms with Crippen LogP contribution in [0.4, 0.5) is 0 Å². The van der Waals surface area contributed by atoms with Crippen LogP contribution in [0.2, 0.25) is 0 Å². The minimum Gasteiger partial charge on any atom is -0.294 e. The van der Waals surface area contributed by atoms with Gasteiger partial charge in [0, 0.05) is 4.90 Å². The molecule has 0 aliphatic heterocycles. The fraction of sp³-hybridized carbons (Fsp3) is 0.300. The fourth-order valence-corrected chi connectivity index (χ4v) is 1.58. The van der Waals surface area contributed by atoms with E-state index in [0.717, 1.165) is 5.56 Å². The Morgan fingerprint density at radius 2 is 2.00 bits per heavy atom. The summed E-state index contributed by atoms with van der Waals surface area (Å²) in [6, 6.07) is 7.90. The Hall–Kier alpha value is -1.00. The van der Waals surface area contributed by atoms with E-state index in [-0.39, 0.29) is 11.8 Å². The zero-order chi connectivity index (χ0) is 10.6. The van der Waals surface area contributed by atoms with E-state index in [0.29, 0.717) is 0 Å². The van der Waals surface area contributed by atoms with Crippen molar-refractivity contribution < 1.29 is 4.79 Å². The molecule has 4 heteroatoms. The van der Waals surface area contributed by atoms with Gasteiger partial charge in [-0.25, -0.2) is 5.84 Å². The third-order valence-corrected chi connectivity index (χ3v) is 2.89. The third kappa shape index (κ3) is 2.49. The van der Waals surface area contributed by atoms with Gasteiger partial charge in [-0.2, -0.15) is 0 Å². The van der Waals surface area contributed by atoms with Crippen molar-refractivity contribution in [2.75, 3.05) is 6.26 Å². The molecule has 0 bridgehead atoms. The molecule has 1 atom stereocenters. The van der Waals surface area contributed by atoms with Crippen molar-refractivity contribution in [2.24, 2.45) is 5.84 Å². The smallest absolute Gasteiger partial charge is 0.241 e. The average molecular weight is 210 g/mol. The fourth-order valence-electron chi connectivity index (χ4n) is 1.17. The lowest BCUT2D eigenvalue weighted by Crippen LogP contribution is -2.33. The maximum atomic E-state index is 11.2. The number of nitrogens with one attached hydrogen (secondary N) is 1. The van der Waals surface area contributed by atoms with E-state index >= 15 is 0 Å². The zero-order valence-corrected chi connectivity index (χ0v) is 9.10. The lowest BCUT2D eigenvalue weighted by molar-refractivity contribution is -0.122. The summed E-state index contributed by atoms with van der Waals surface area (Å²) in [6.07, 6.45) is 2.02. The van der Waals surface area contributed by atoms with E-state index in [1.165, 1.54) is 4.90 Å². The molecule has 0 fully saturated rings. The first-order valence-corrected chi connectivity index (χ1v) is 5.56. The molecule has 0 aliphatic carbocycles. The van der Waals surface area contributed by atoms with Crippen LogP contribution in [0.5, 0.6) is 0 Å². The Morgan fingerprint density at radius 3 is 2.43 bits per heavy atom. The number of thioether (sulfide) groups is 1. The van der Waals surface area contributed by atoms with Gasteiger partial charge in [0.1, 0.15) is 0 Å². The number of carbonyl (C=O) groups excluding carboxylic acids is 1. The van der Waals surface area contributed by atoms with Crippen LogP contribution in [0.3, 0.4) is 0 Å². The van der Waals surface area contributed by atoms with E-state index in [4.69, 9.17) is 5.84 Å². The van der Waals surface area contributed by atoms with Gasteiger partial charge in [-0.3, -0.25) is 10.2 Å². The van der Waals surface area contributed by atoms with Gasteiger partial charge in [0.15, 0.2) is 0 Å². The van der Waals surface area contributed by atoms with Crippen LogP contribution in [-0.4, -0.2) is 12.2 Å². The molecule has 0 aromatic heterocycles. The predicted molar refractivity (Wildman–Crippen MR) is 59.0 cm³/mol. The molecule has 3 N–H and O–H groups in total. The monoisotopic (exact) mass is 210 g/mol. The Morgan fingerprint density at radius 1 is 1.43 bits per heavy atom. The quantitative estimate of drug-likeness (QED) is 0.344. The van der Waals surface area contributed by atoms with Gasteiger partial charge in [-0.1, -0.05) is 12.1 Å². The molecule has 76 valence electrons. The maximum absolute atomic E-state index is 11.2. The molecule has 1 aromatic rings. The number of nitrogens with two attached hydrogens (primary N) is 1. The average Bonchev–Trinajstić information content (AvgIpc) is 2.27. The van der Waals surface area contributed by atoms with E-state index in [1.807, 2.05) is 37.4 Å². The zero-order valence-electron chi connectivity index (χ0n) is 8.28. The highest BCUT2D eigenvalue weighted by Crippen LogP contribution is 2.20. The lowest BCUT2D eigenvalue weighted by atomic mass is 10.0. The van der Waals surface area contributed by atoms with E-state index in [2.05, 4.69) is 5.43 Å². The summed E-state index contributed by atoms with van der Waals surface area (Å²) >= 11 is 1.68. The number of amides is 1. The Kier molecular flexibility index (Phi) is 3.98. The number of carbonyl (C=O) groups is 1. The SMILES string of the molecule is CSc1ccc(C(C)C(=O)NN)cc1. The molecule has 14 heavy (non-hydrogen) atoms. The number of benzene rings is 1. The molecule has 1 unspecified atom stereocenters. The minimum absolute atomic E-state index is 0.165. The van der Waals surface area contributed by atoms with Crippen LogP contribution in [0.15, 0.2) is 29.2 Å². The molecule has 0 spiro atoms. The summed E-state index contributed by atoms with van der Waals surface area (Å²) in [7, 11) is 0. The van der Waals surface area contributed by atoms with Gasteiger partial charge in [-0.05, 0) is 30.9 Å². The Bertz CT molecular complexity index is 310. The van der Waals surface area contributed by atoms with Gasteiger partial charge in [0.25, 0.3) is 0 Å². The highest BCUT2D eigenvalue weighted by molar-refractivity contribution is 7.98. The number of hydrogen-bond donors (Lipinski definition) is 2. The minimum atomic E-state index is -0.198. The predicted octanol–water partition coefficient (Wildman–Crippen LogP) is 1.50. The topological polar surface area (TPSA) is 55.1 Å². The van der Waals surface area contributed by atoms with Crippen molar-refractivity contribution in [1.82, 2.24) is 5.43 Å². The van der Waals surface area contributed by atoms with Gasteiger partial charge >= 0.3 is 0 Å². The third-order valence-electron chi connectivity index (χ3n) is 2.15. The largest absolute Gasteiger partial charge is 0.294 e. The highest BCUT2D eigenvalue weighted by atomic mass is 32.2. The summed E-state index contributed by atoms with van der Waals surface area (Å²) in [5.41, 5.74) is 3.13. The lowest BCUT2D eigenvalue weighted by Gasteiger charge is -2.09. The molecule has 0 saturated carbocycles. The summed E-state index contributed by atoms with van der Waals surface area (Å²) in [6.45, 7) is 1.83. The molecule has 1 aromatic carbocycles.